The van der Waals surface area contributed by atoms with Crippen molar-refractivity contribution in [1.82, 2.24) is 4.98 Å². The molecule has 0 fully saturated rings. The Hall–Kier alpha value is -1.70. The van der Waals surface area contributed by atoms with Gasteiger partial charge in [-0.3, -0.25) is 0 Å². The summed E-state index contributed by atoms with van der Waals surface area (Å²) in [6.45, 7) is 0. The molecule has 0 radical (unpaired) electrons. The van der Waals surface area contributed by atoms with Gasteiger partial charge in [0.05, 0.1) is 18.2 Å². The number of hydrogen-bond donors (Lipinski definition) is 1. The summed E-state index contributed by atoms with van der Waals surface area (Å²) in [5, 5.41) is 17.2. The van der Waals surface area contributed by atoms with E-state index in [0.29, 0.717) is 0 Å². The molecule has 0 aliphatic heterocycles. The predicted molar refractivity (Wildman–Crippen MR) is 40.2 cm³/mol. The maximum atomic E-state index is 12.1. The minimum atomic E-state index is -2.82. The van der Waals surface area contributed by atoms with Crippen LogP contribution in [0.3, 0.4) is 0 Å². The molecule has 3 nitrogen and oxygen atoms in total. The quantitative estimate of drug-likeness (QED) is 0.762. The second-order valence-corrected chi connectivity index (χ2v) is 2.34. The highest BCUT2D eigenvalue weighted by atomic mass is 19.3. The molecule has 0 bridgehead atoms. The van der Waals surface area contributed by atoms with Crippen molar-refractivity contribution in [2.45, 2.75) is 12.8 Å². The molecular formula is C8H6F2N2O. The molecule has 13 heavy (non-hydrogen) atoms. The van der Waals surface area contributed by atoms with Gasteiger partial charge in [0.25, 0.3) is 6.43 Å². The van der Waals surface area contributed by atoms with E-state index in [1.165, 1.54) is 6.07 Å². The molecule has 0 aliphatic carbocycles. The number of rotatable bonds is 2. The second kappa shape index (κ2) is 3.81. The normalized spacial score (nSPS) is 10.0. The van der Waals surface area contributed by atoms with Crippen LogP contribution < -0.4 is 0 Å². The van der Waals surface area contributed by atoms with Gasteiger partial charge in [-0.15, -0.1) is 0 Å². The van der Waals surface area contributed by atoms with E-state index >= 15 is 0 Å². The Morgan fingerprint density at radius 1 is 1.54 bits per heavy atom. The molecule has 0 unspecified atom stereocenters. The molecule has 5 heteroatoms. The minimum absolute atomic E-state index is 0.0417. The van der Waals surface area contributed by atoms with Crippen molar-refractivity contribution in [3.8, 4) is 11.8 Å². The maximum Gasteiger partial charge on any atom is 0.284 e. The van der Waals surface area contributed by atoms with Gasteiger partial charge >= 0.3 is 0 Å². The first-order valence-electron chi connectivity index (χ1n) is 3.49. The van der Waals surface area contributed by atoms with E-state index < -0.39 is 17.9 Å². The summed E-state index contributed by atoms with van der Waals surface area (Å²) in [6, 6.07) is 4.23. The van der Waals surface area contributed by atoms with E-state index in [0.717, 1.165) is 6.07 Å². The summed E-state index contributed by atoms with van der Waals surface area (Å²) in [6.07, 6.45) is -2.86. The molecule has 1 N–H and O–H groups in total. The van der Waals surface area contributed by atoms with E-state index in [1.54, 1.807) is 6.07 Å². The second-order valence-electron chi connectivity index (χ2n) is 2.34. The standard InChI is InChI=1S/C8H6F2N2O/c9-8(10)7-6(13)2-1-5(12-7)3-4-11/h1-2,8,13H,3H2. The van der Waals surface area contributed by atoms with Crippen LogP contribution in [0.2, 0.25) is 0 Å². The highest BCUT2D eigenvalue weighted by molar-refractivity contribution is 5.29. The van der Waals surface area contributed by atoms with E-state index in [9.17, 15) is 8.78 Å². The van der Waals surface area contributed by atoms with Crippen LogP contribution in [0.1, 0.15) is 17.8 Å². The average Bonchev–Trinajstić information content (AvgIpc) is 2.08. The van der Waals surface area contributed by atoms with Crippen molar-refractivity contribution in [3.63, 3.8) is 0 Å². The van der Waals surface area contributed by atoms with E-state index in [4.69, 9.17) is 10.4 Å². The van der Waals surface area contributed by atoms with Crippen molar-refractivity contribution in [2.75, 3.05) is 0 Å². The third-order valence-corrected chi connectivity index (χ3v) is 1.43. The maximum absolute atomic E-state index is 12.1. The van der Waals surface area contributed by atoms with Gasteiger partial charge in [0.2, 0.25) is 0 Å². The average molecular weight is 184 g/mol. The Labute approximate surface area is 73.3 Å². The van der Waals surface area contributed by atoms with Crippen molar-refractivity contribution >= 4 is 0 Å². The van der Waals surface area contributed by atoms with Gasteiger partial charge in [0.15, 0.2) is 0 Å². The fourth-order valence-electron chi connectivity index (χ4n) is 0.850. The first kappa shape index (κ1) is 9.39. The predicted octanol–water partition coefficient (Wildman–Crippen LogP) is 1.79. The van der Waals surface area contributed by atoms with Gasteiger partial charge in [0.1, 0.15) is 11.4 Å². The molecule has 0 aromatic carbocycles. The third-order valence-electron chi connectivity index (χ3n) is 1.43. The topological polar surface area (TPSA) is 56.9 Å². The Balaban J connectivity index is 3.05. The number of halogens is 2. The van der Waals surface area contributed by atoms with E-state index in [1.807, 2.05) is 0 Å². The van der Waals surface area contributed by atoms with Gasteiger partial charge < -0.3 is 5.11 Å². The van der Waals surface area contributed by atoms with Gasteiger partial charge in [-0.25, -0.2) is 13.8 Å². The van der Waals surface area contributed by atoms with Crippen LogP contribution in [0.15, 0.2) is 12.1 Å². The van der Waals surface area contributed by atoms with Gasteiger partial charge in [-0.05, 0) is 12.1 Å². The van der Waals surface area contributed by atoms with Crippen molar-refractivity contribution in [1.29, 1.82) is 5.26 Å². The van der Waals surface area contributed by atoms with Crippen LogP contribution in [-0.2, 0) is 6.42 Å². The lowest BCUT2D eigenvalue weighted by Gasteiger charge is -2.03. The zero-order chi connectivity index (χ0) is 9.84. The Kier molecular flexibility index (Phi) is 2.75. The van der Waals surface area contributed by atoms with Crippen molar-refractivity contribution in [2.24, 2.45) is 0 Å². The smallest absolute Gasteiger partial charge is 0.284 e. The largest absolute Gasteiger partial charge is 0.506 e. The zero-order valence-electron chi connectivity index (χ0n) is 6.54. The zero-order valence-corrected chi connectivity index (χ0v) is 6.54. The summed E-state index contributed by atoms with van der Waals surface area (Å²) in [4.78, 5) is 3.44. The molecule has 0 amide bonds. The molecule has 1 rings (SSSR count). The van der Waals surface area contributed by atoms with Crippen LogP contribution in [0.4, 0.5) is 8.78 Å². The number of aromatic hydroxyl groups is 1. The van der Waals surface area contributed by atoms with Crippen LogP contribution >= 0.6 is 0 Å². The van der Waals surface area contributed by atoms with E-state index in [2.05, 4.69) is 4.98 Å². The Morgan fingerprint density at radius 2 is 2.23 bits per heavy atom. The molecule has 1 aromatic rings. The number of pyridine rings is 1. The molecule has 0 saturated carbocycles. The molecule has 1 heterocycles. The number of hydrogen-bond acceptors (Lipinski definition) is 3. The lowest BCUT2D eigenvalue weighted by molar-refractivity contribution is 0.141. The first-order valence-corrected chi connectivity index (χ1v) is 3.49. The highest BCUT2D eigenvalue weighted by Crippen LogP contribution is 2.25. The van der Waals surface area contributed by atoms with Crippen LogP contribution in [0.5, 0.6) is 5.75 Å². The lowest BCUT2D eigenvalue weighted by atomic mass is 10.2. The number of nitriles is 1. The van der Waals surface area contributed by atoms with Gasteiger partial charge in [-0.1, -0.05) is 0 Å². The van der Waals surface area contributed by atoms with Crippen molar-refractivity contribution < 1.29 is 13.9 Å². The number of aromatic nitrogens is 1. The van der Waals surface area contributed by atoms with Crippen LogP contribution in [0, 0.1) is 11.3 Å². The first-order chi connectivity index (χ1) is 6.15. The van der Waals surface area contributed by atoms with Crippen LogP contribution in [-0.4, -0.2) is 10.1 Å². The summed E-state index contributed by atoms with van der Waals surface area (Å²) < 4.78 is 24.3. The molecule has 0 saturated heterocycles. The lowest BCUT2D eigenvalue weighted by Crippen LogP contribution is -1.95. The molecule has 1 aromatic heterocycles. The molecular weight excluding hydrogens is 178 g/mol. The summed E-state index contributed by atoms with van der Waals surface area (Å²) in [7, 11) is 0. The molecule has 0 atom stereocenters. The molecule has 0 spiro atoms. The SMILES string of the molecule is N#CCc1ccc(O)c(C(F)F)n1. The fourth-order valence-corrected chi connectivity index (χ4v) is 0.850. The summed E-state index contributed by atoms with van der Waals surface area (Å²) >= 11 is 0. The summed E-state index contributed by atoms with van der Waals surface area (Å²) in [5.41, 5.74) is -0.441. The third kappa shape index (κ3) is 2.12. The van der Waals surface area contributed by atoms with Gasteiger partial charge in [0, 0.05) is 0 Å². The minimum Gasteiger partial charge on any atom is -0.506 e. The molecule has 68 valence electrons. The molecule has 0 aliphatic rings. The fraction of sp³-hybridized carbons (Fsp3) is 0.250. The van der Waals surface area contributed by atoms with E-state index in [-0.39, 0.29) is 12.1 Å². The highest BCUT2D eigenvalue weighted by Gasteiger charge is 2.14. The Morgan fingerprint density at radius 3 is 2.77 bits per heavy atom. The van der Waals surface area contributed by atoms with Crippen LogP contribution in [0.25, 0.3) is 0 Å². The van der Waals surface area contributed by atoms with Crippen molar-refractivity contribution in [3.05, 3.63) is 23.5 Å². The Bertz CT molecular complexity index is 346. The number of alkyl halides is 2. The summed E-state index contributed by atoms with van der Waals surface area (Å²) in [5.74, 6) is -0.545. The monoisotopic (exact) mass is 184 g/mol. The number of nitrogens with zero attached hydrogens (tertiary/aromatic N) is 2. The van der Waals surface area contributed by atoms with Gasteiger partial charge in [-0.2, -0.15) is 5.26 Å².